The highest BCUT2D eigenvalue weighted by atomic mass is 19.1. The minimum atomic E-state index is -0.396. The van der Waals surface area contributed by atoms with Gasteiger partial charge in [0.2, 0.25) is 5.91 Å². The van der Waals surface area contributed by atoms with Crippen LogP contribution in [-0.4, -0.2) is 23.9 Å². The van der Waals surface area contributed by atoms with E-state index in [9.17, 15) is 9.18 Å². The van der Waals surface area contributed by atoms with Crippen LogP contribution in [0.2, 0.25) is 0 Å². The van der Waals surface area contributed by atoms with Crippen molar-refractivity contribution in [3.05, 3.63) is 35.6 Å². The van der Waals surface area contributed by atoms with E-state index in [-0.39, 0.29) is 5.82 Å². The number of carbonyl (C=O) groups is 1. The minimum absolute atomic E-state index is 0.226. The molecular weight excluding hydrogens is 277 g/mol. The molecule has 1 aromatic rings. The van der Waals surface area contributed by atoms with Gasteiger partial charge in [0.05, 0.1) is 5.41 Å². The maximum atomic E-state index is 13.3. The Kier molecular flexibility index (Phi) is 4.80. The third-order valence-electron chi connectivity index (χ3n) is 5.41. The van der Waals surface area contributed by atoms with Gasteiger partial charge >= 0.3 is 0 Å². The van der Waals surface area contributed by atoms with E-state index >= 15 is 0 Å². The van der Waals surface area contributed by atoms with Gasteiger partial charge in [0.25, 0.3) is 0 Å². The lowest BCUT2D eigenvalue weighted by Crippen LogP contribution is -2.46. The van der Waals surface area contributed by atoms with E-state index in [2.05, 4.69) is 4.90 Å². The Bertz CT molecular complexity index is 497. The van der Waals surface area contributed by atoms with Gasteiger partial charge in [0.15, 0.2) is 0 Å². The van der Waals surface area contributed by atoms with Crippen molar-refractivity contribution in [2.45, 2.75) is 63.2 Å². The average Bonchev–Trinajstić information content (AvgIpc) is 2.98. The van der Waals surface area contributed by atoms with Crippen LogP contribution in [0, 0.1) is 5.82 Å². The lowest BCUT2D eigenvalue weighted by Gasteiger charge is -2.36. The van der Waals surface area contributed by atoms with Crippen molar-refractivity contribution in [1.82, 2.24) is 4.90 Å². The molecule has 1 amide bonds. The van der Waals surface area contributed by atoms with Gasteiger partial charge in [-0.05, 0) is 43.4 Å². The molecule has 3 rings (SSSR count). The number of rotatable bonds is 2. The second-order valence-electron chi connectivity index (χ2n) is 6.86. The van der Waals surface area contributed by atoms with Crippen LogP contribution in [0.5, 0.6) is 0 Å². The zero-order chi connectivity index (χ0) is 15.4. The van der Waals surface area contributed by atoms with Gasteiger partial charge in [0, 0.05) is 13.1 Å². The molecule has 1 saturated carbocycles. The lowest BCUT2D eigenvalue weighted by molar-refractivity contribution is -0.137. The molecule has 2 fully saturated rings. The topological polar surface area (TPSA) is 20.3 Å². The summed E-state index contributed by atoms with van der Waals surface area (Å²) in [6.07, 6.45) is 10.00. The zero-order valence-electron chi connectivity index (χ0n) is 13.3. The fourth-order valence-corrected chi connectivity index (χ4v) is 4.13. The Morgan fingerprint density at radius 3 is 2.00 bits per heavy atom. The van der Waals surface area contributed by atoms with Crippen molar-refractivity contribution in [2.75, 3.05) is 13.1 Å². The van der Waals surface area contributed by atoms with E-state index in [0.717, 1.165) is 57.2 Å². The van der Waals surface area contributed by atoms with Crippen molar-refractivity contribution in [3.8, 4) is 0 Å². The van der Waals surface area contributed by atoms with Crippen molar-refractivity contribution < 1.29 is 9.18 Å². The highest BCUT2D eigenvalue weighted by Crippen LogP contribution is 2.43. The third-order valence-corrected chi connectivity index (χ3v) is 5.41. The monoisotopic (exact) mass is 303 g/mol. The molecule has 1 saturated heterocycles. The van der Waals surface area contributed by atoms with E-state index in [0.29, 0.717) is 5.91 Å². The largest absolute Gasteiger partial charge is 0.342 e. The quantitative estimate of drug-likeness (QED) is 0.791. The van der Waals surface area contributed by atoms with Crippen molar-refractivity contribution in [3.63, 3.8) is 0 Å². The summed E-state index contributed by atoms with van der Waals surface area (Å²) in [6, 6.07) is 6.64. The predicted octanol–water partition coefficient (Wildman–Crippen LogP) is 4.43. The number of hydrogen-bond donors (Lipinski definition) is 0. The molecule has 0 radical (unpaired) electrons. The Balaban J connectivity index is 1.85. The second kappa shape index (κ2) is 6.80. The van der Waals surface area contributed by atoms with Gasteiger partial charge in [-0.3, -0.25) is 4.79 Å². The molecule has 0 N–H and O–H groups in total. The van der Waals surface area contributed by atoms with Crippen molar-refractivity contribution >= 4 is 5.91 Å². The van der Waals surface area contributed by atoms with Crippen LogP contribution in [-0.2, 0) is 10.2 Å². The van der Waals surface area contributed by atoms with Crippen LogP contribution in [0.3, 0.4) is 0 Å². The average molecular weight is 303 g/mol. The van der Waals surface area contributed by atoms with Gasteiger partial charge in [-0.1, -0.05) is 44.2 Å². The summed E-state index contributed by atoms with van der Waals surface area (Å²) in [5, 5.41) is 0. The summed E-state index contributed by atoms with van der Waals surface area (Å²) in [4.78, 5) is 15.4. The van der Waals surface area contributed by atoms with E-state index in [1.165, 1.54) is 31.4 Å². The molecule has 1 heterocycles. The van der Waals surface area contributed by atoms with E-state index in [4.69, 9.17) is 0 Å². The van der Waals surface area contributed by atoms with E-state index < -0.39 is 5.41 Å². The molecule has 1 aliphatic heterocycles. The first kappa shape index (κ1) is 15.5. The summed E-state index contributed by atoms with van der Waals surface area (Å²) in [6.45, 7) is 1.78. The highest BCUT2D eigenvalue weighted by Gasteiger charge is 2.44. The number of hydrogen-bond acceptors (Lipinski definition) is 1. The Morgan fingerprint density at radius 1 is 0.864 bits per heavy atom. The number of halogens is 1. The molecule has 2 nitrogen and oxygen atoms in total. The molecule has 0 spiro atoms. The van der Waals surface area contributed by atoms with Gasteiger partial charge in [0.1, 0.15) is 5.82 Å². The van der Waals surface area contributed by atoms with Crippen LogP contribution in [0.15, 0.2) is 24.3 Å². The molecule has 0 bridgehead atoms. The van der Waals surface area contributed by atoms with Crippen LogP contribution in [0.25, 0.3) is 0 Å². The fraction of sp³-hybridized carbons (Fsp3) is 0.632. The number of carbonyl (C=O) groups excluding carboxylic acids is 1. The molecule has 22 heavy (non-hydrogen) atoms. The Labute approximate surface area is 132 Å². The fourth-order valence-electron chi connectivity index (χ4n) is 4.13. The molecular formula is C19H26FNO. The molecule has 120 valence electrons. The summed E-state index contributed by atoms with van der Waals surface area (Å²) in [5.41, 5.74) is 0.617. The molecule has 0 aromatic heterocycles. The van der Waals surface area contributed by atoms with Crippen molar-refractivity contribution in [1.29, 1.82) is 0 Å². The van der Waals surface area contributed by atoms with Crippen LogP contribution in [0.4, 0.5) is 4.39 Å². The smallest absolute Gasteiger partial charge is 0.233 e. The molecule has 0 atom stereocenters. The number of nitrogens with zero attached hydrogens (tertiary/aromatic N) is 1. The van der Waals surface area contributed by atoms with Gasteiger partial charge in [-0.15, -0.1) is 0 Å². The van der Waals surface area contributed by atoms with E-state index in [1.54, 1.807) is 0 Å². The molecule has 2 aliphatic rings. The summed E-state index contributed by atoms with van der Waals surface area (Å²) in [5.74, 6) is 0.0640. The Hall–Kier alpha value is -1.38. The predicted molar refractivity (Wildman–Crippen MR) is 86.2 cm³/mol. The highest BCUT2D eigenvalue weighted by molar-refractivity contribution is 5.88. The van der Waals surface area contributed by atoms with E-state index in [1.807, 2.05) is 12.1 Å². The number of benzene rings is 1. The van der Waals surface area contributed by atoms with Gasteiger partial charge < -0.3 is 4.90 Å². The van der Waals surface area contributed by atoms with Crippen LogP contribution in [0.1, 0.15) is 63.4 Å². The zero-order valence-corrected chi connectivity index (χ0v) is 13.3. The summed E-state index contributed by atoms with van der Waals surface area (Å²) < 4.78 is 13.3. The molecule has 0 unspecified atom stereocenters. The second-order valence-corrected chi connectivity index (χ2v) is 6.86. The first-order valence-corrected chi connectivity index (χ1v) is 8.78. The molecule has 1 aromatic carbocycles. The number of likely N-dealkylation sites (tertiary alicyclic amines) is 1. The molecule has 3 heteroatoms. The lowest BCUT2D eigenvalue weighted by atomic mass is 9.77. The van der Waals surface area contributed by atoms with Crippen molar-refractivity contribution in [2.24, 2.45) is 0 Å². The van der Waals surface area contributed by atoms with Crippen LogP contribution < -0.4 is 0 Å². The SMILES string of the molecule is O=C(N1CCCCCCC1)C1(c2ccc(F)cc2)CCCC1. The minimum Gasteiger partial charge on any atom is -0.342 e. The summed E-state index contributed by atoms with van der Waals surface area (Å²) in [7, 11) is 0. The first-order chi connectivity index (χ1) is 10.7. The normalized spacial score (nSPS) is 22.1. The van der Waals surface area contributed by atoms with Gasteiger partial charge in [-0.25, -0.2) is 4.39 Å². The summed E-state index contributed by atoms with van der Waals surface area (Å²) >= 11 is 0. The maximum Gasteiger partial charge on any atom is 0.233 e. The van der Waals surface area contributed by atoms with Crippen LogP contribution >= 0.6 is 0 Å². The number of amides is 1. The standard InChI is InChI=1S/C19H26FNO/c20-17-10-8-16(9-11-17)19(12-4-5-13-19)18(22)21-14-6-2-1-3-7-15-21/h8-11H,1-7,12-15H2. The maximum absolute atomic E-state index is 13.3. The Morgan fingerprint density at radius 2 is 1.41 bits per heavy atom. The molecule has 1 aliphatic carbocycles. The third kappa shape index (κ3) is 3.04. The van der Waals surface area contributed by atoms with Gasteiger partial charge in [-0.2, -0.15) is 0 Å². The first-order valence-electron chi connectivity index (χ1n) is 8.78.